The quantitative estimate of drug-likeness (QED) is 0.526. The maximum absolute atomic E-state index is 13.1. The molecule has 3 aromatic rings. The van der Waals surface area contributed by atoms with Crippen LogP contribution in [0.15, 0.2) is 60.7 Å². The average Bonchev–Trinajstić information content (AvgIpc) is 2.65. The summed E-state index contributed by atoms with van der Waals surface area (Å²) in [5.74, 6) is 1.34. The number of fused-ring (bicyclic) bond motifs is 1. The van der Waals surface area contributed by atoms with Gasteiger partial charge >= 0.3 is 0 Å². The molecule has 0 saturated carbocycles. The second-order valence-corrected chi connectivity index (χ2v) is 7.04. The van der Waals surface area contributed by atoms with E-state index in [2.05, 4.69) is 49.5 Å². The van der Waals surface area contributed by atoms with E-state index < -0.39 is 0 Å². The van der Waals surface area contributed by atoms with Crippen molar-refractivity contribution < 1.29 is 9.13 Å². The number of hydrogen-bond donors (Lipinski definition) is 1. The summed E-state index contributed by atoms with van der Waals surface area (Å²) in [6, 6.07) is 18.9. The molecule has 3 rings (SSSR count). The Morgan fingerprint density at radius 2 is 1.73 bits per heavy atom. The van der Waals surface area contributed by atoms with Gasteiger partial charge in [-0.15, -0.1) is 0 Å². The Kier molecular flexibility index (Phi) is 6.24. The summed E-state index contributed by atoms with van der Waals surface area (Å²) in [6.07, 6.45) is 1.15. The summed E-state index contributed by atoms with van der Waals surface area (Å²) in [5, 5.41) is 5.96. The highest BCUT2D eigenvalue weighted by atomic mass is 19.1. The van der Waals surface area contributed by atoms with Crippen molar-refractivity contribution in [2.45, 2.75) is 33.4 Å². The summed E-state index contributed by atoms with van der Waals surface area (Å²) in [7, 11) is 0. The summed E-state index contributed by atoms with van der Waals surface area (Å²) < 4.78 is 19.2. The van der Waals surface area contributed by atoms with E-state index in [1.807, 2.05) is 6.07 Å². The first-order chi connectivity index (χ1) is 12.6. The third-order valence-corrected chi connectivity index (χ3v) is 4.51. The van der Waals surface area contributed by atoms with Crippen LogP contribution in [0, 0.1) is 11.7 Å². The van der Waals surface area contributed by atoms with Gasteiger partial charge in [0.2, 0.25) is 0 Å². The Morgan fingerprint density at radius 1 is 0.962 bits per heavy atom. The van der Waals surface area contributed by atoms with Gasteiger partial charge in [-0.3, -0.25) is 0 Å². The molecule has 0 aromatic heterocycles. The Hall–Kier alpha value is -2.39. The first kappa shape index (κ1) is 18.4. The molecule has 2 nitrogen and oxygen atoms in total. The van der Waals surface area contributed by atoms with Crippen molar-refractivity contribution in [1.29, 1.82) is 0 Å². The number of benzene rings is 3. The van der Waals surface area contributed by atoms with Gasteiger partial charge in [0.25, 0.3) is 0 Å². The van der Waals surface area contributed by atoms with E-state index in [4.69, 9.17) is 4.74 Å². The van der Waals surface area contributed by atoms with Gasteiger partial charge in [0, 0.05) is 12.1 Å². The molecule has 26 heavy (non-hydrogen) atoms. The SMILES string of the molecule is CC(C)CCNCc1c(OCc2ccc(F)cc2)ccc2ccccc12. The lowest BCUT2D eigenvalue weighted by Crippen LogP contribution is -2.17. The van der Waals surface area contributed by atoms with Crippen molar-refractivity contribution in [3.8, 4) is 5.75 Å². The molecule has 0 fully saturated rings. The van der Waals surface area contributed by atoms with Gasteiger partial charge in [-0.2, -0.15) is 0 Å². The van der Waals surface area contributed by atoms with Crippen LogP contribution in [0.2, 0.25) is 0 Å². The average molecular weight is 351 g/mol. The first-order valence-electron chi connectivity index (χ1n) is 9.22. The normalized spacial score (nSPS) is 11.2. The predicted molar refractivity (Wildman–Crippen MR) is 106 cm³/mol. The fourth-order valence-electron chi connectivity index (χ4n) is 2.98. The molecule has 0 unspecified atom stereocenters. The van der Waals surface area contributed by atoms with Crippen LogP contribution in [0.1, 0.15) is 31.4 Å². The van der Waals surface area contributed by atoms with Gasteiger partial charge in [0.1, 0.15) is 18.2 Å². The zero-order chi connectivity index (χ0) is 18.4. The number of rotatable bonds is 8. The topological polar surface area (TPSA) is 21.3 Å². The fraction of sp³-hybridized carbons (Fsp3) is 0.304. The minimum atomic E-state index is -0.227. The highest BCUT2D eigenvalue weighted by molar-refractivity contribution is 5.87. The van der Waals surface area contributed by atoms with E-state index in [-0.39, 0.29) is 5.82 Å². The molecule has 1 N–H and O–H groups in total. The van der Waals surface area contributed by atoms with Gasteiger partial charge in [-0.1, -0.05) is 56.3 Å². The molecule has 0 aliphatic rings. The van der Waals surface area contributed by atoms with Gasteiger partial charge in [0.15, 0.2) is 0 Å². The first-order valence-corrected chi connectivity index (χ1v) is 9.22. The van der Waals surface area contributed by atoms with Crippen LogP contribution in [-0.2, 0) is 13.2 Å². The van der Waals surface area contributed by atoms with Crippen molar-refractivity contribution in [1.82, 2.24) is 5.32 Å². The summed E-state index contributed by atoms with van der Waals surface area (Å²) in [4.78, 5) is 0. The maximum Gasteiger partial charge on any atom is 0.124 e. The second kappa shape index (κ2) is 8.81. The molecule has 0 atom stereocenters. The summed E-state index contributed by atoms with van der Waals surface area (Å²) in [6.45, 7) is 6.65. The smallest absolute Gasteiger partial charge is 0.124 e. The number of hydrogen-bond acceptors (Lipinski definition) is 2. The fourth-order valence-corrected chi connectivity index (χ4v) is 2.98. The number of halogens is 1. The third-order valence-electron chi connectivity index (χ3n) is 4.51. The summed E-state index contributed by atoms with van der Waals surface area (Å²) >= 11 is 0. The van der Waals surface area contributed by atoms with E-state index in [9.17, 15) is 4.39 Å². The van der Waals surface area contributed by atoms with E-state index in [1.54, 1.807) is 12.1 Å². The van der Waals surface area contributed by atoms with Crippen molar-refractivity contribution in [3.05, 3.63) is 77.6 Å². The Morgan fingerprint density at radius 3 is 2.50 bits per heavy atom. The van der Waals surface area contributed by atoms with Gasteiger partial charge < -0.3 is 10.1 Å². The van der Waals surface area contributed by atoms with Crippen LogP contribution in [0.3, 0.4) is 0 Å². The second-order valence-electron chi connectivity index (χ2n) is 7.04. The van der Waals surface area contributed by atoms with Crippen LogP contribution in [0.5, 0.6) is 5.75 Å². The molecule has 3 aromatic carbocycles. The molecule has 0 radical (unpaired) electrons. The lowest BCUT2D eigenvalue weighted by atomic mass is 10.0. The van der Waals surface area contributed by atoms with E-state index in [0.717, 1.165) is 30.8 Å². The minimum Gasteiger partial charge on any atom is -0.489 e. The van der Waals surface area contributed by atoms with Crippen molar-refractivity contribution in [2.75, 3.05) is 6.54 Å². The molecule has 0 bridgehead atoms. The number of nitrogens with one attached hydrogen (secondary N) is 1. The monoisotopic (exact) mass is 351 g/mol. The van der Waals surface area contributed by atoms with E-state index in [0.29, 0.717) is 12.5 Å². The van der Waals surface area contributed by atoms with E-state index >= 15 is 0 Å². The Labute approximate surface area is 155 Å². The number of ether oxygens (including phenoxy) is 1. The molecule has 0 heterocycles. The molecule has 0 aliphatic carbocycles. The lowest BCUT2D eigenvalue weighted by molar-refractivity contribution is 0.302. The van der Waals surface area contributed by atoms with Crippen molar-refractivity contribution in [3.63, 3.8) is 0 Å². The zero-order valence-electron chi connectivity index (χ0n) is 15.5. The predicted octanol–water partition coefficient (Wildman–Crippen LogP) is 5.69. The van der Waals surface area contributed by atoms with Gasteiger partial charge in [-0.25, -0.2) is 4.39 Å². The lowest BCUT2D eigenvalue weighted by Gasteiger charge is -2.16. The summed E-state index contributed by atoms with van der Waals surface area (Å²) in [5.41, 5.74) is 2.13. The molecule has 0 spiro atoms. The molecule has 3 heteroatoms. The van der Waals surface area contributed by atoms with Crippen LogP contribution in [0.25, 0.3) is 10.8 Å². The molecular formula is C23H26FNO. The third kappa shape index (κ3) is 4.83. The van der Waals surface area contributed by atoms with E-state index in [1.165, 1.54) is 28.5 Å². The van der Waals surface area contributed by atoms with Crippen LogP contribution >= 0.6 is 0 Å². The van der Waals surface area contributed by atoms with Crippen molar-refractivity contribution in [2.24, 2.45) is 5.92 Å². The maximum atomic E-state index is 13.1. The highest BCUT2D eigenvalue weighted by Gasteiger charge is 2.09. The van der Waals surface area contributed by atoms with Crippen molar-refractivity contribution >= 4 is 10.8 Å². The molecule has 0 aliphatic heterocycles. The van der Waals surface area contributed by atoms with Crippen LogP contribution in [-0.4, -0.2) is 6.54 Å². The zero-order valence-corrected chi connectivity index (χ0v) is 15.5. The van der Waals surface area contributed by atoms with Crippen LogP contribution in [0.4, 0.5) is 4.39 Å². The Bertz CT molecular complexity index is 842. The molecule has 0 amide bonds. The standard InChI is InChI=1S/C23H26FNO/c1-17(2)13-14-25-15-22-21-6-4-3-5-19(21)9-12-23(22)26-16-18-7-10-20(24)11-8-18/h3-12,17,25H,13-16H2,1-2H3. The van der Waals surface area contributed by atoms with Gasteiger partial charge in [-0.05, 0) is 53.4 Å². The molecule has 136 valence electrons. The minimum absolute atomic E-state index is 0.227. The van der Waals surface area contributed by atoms with Gasteiger partial charge in [0.05, 0.1) is 0 Å². The molecule has 0 saturated heterocycles. The largest absolute Gasteiger partial charge is 0.489 e. The van der Waals surface area contributed by atoms with Crippen LogP contribution < -0.4 is 10.1 Å². The highest BCUT2D eigenvalue weighted by Crippen LogP contribution is 2.29. The Balaban J connectivity index is 1.78. The molecular weight excluding hydrogens is 325 g/mol.